The molecule has 12 heavy (non-hydrogen) atoms. The van der Waals surface area contributed by atoms with Gasteiger partial charge in [0.25, 0.3) is 0 Å². The van der Waals surface area contributed by atoms with E-state index in [-0.39, 0.29) is 0 Å². The lowest BCUT2D eigenvalue weighted by Crippen LogP contribution is -2.46. The third-order valence-corrected chi connectivity index (χ3v) is 4.14. The van der Waals surface area contributed by atoms with E-state index in [4.69, 9.17) is 0 Å². The summed E-state index contributed by atoms with van der Waals surface area (Å²) in [7, 11) is 2.29. The quantitative estimate of drug-likeness (QED) is 0.536. The molecule has 1 saturated heterocycles. The first kappa shape index (κ1) is 8.55. The van der Waals surface area contributed by atoms with Gasteiger partial charge in [-0.05, 0) is 45.2 Å². The van der Waals surface area contributed by atoms with E-state index < -0.39 is 0 Å². The van der Waals surface area contributed by atoms with E-state index in [2.05, 4.69) is 18.9 Å². The van der Waals surface area contributed by atoms with Crippen LogP contribution >= 0.6 is 0 Å². The molecule has 0 spiro atoms. The lowest BCUT2D eigenvalue weighted by molar-refractivity contribution is 0.0509. The molecule has 0 amide bonds. The molecular weight excluding hydrogens is 146 g/mol. The highest BCUT2D eigenvalue weighted by Gasteiger charge is 2.34. The van der Waals surface area contributed by atoms with Gasteiger partial charge in [-0.25, -0.2) is 0 Å². The molecule has 0 aromatic carbocycles. The first-order valence-corrected chi connectivity index (χ1v) is 5.49. The van der Waals surface area contributed by atoms with Gasteiger partial charge in [0.1, 0.15) is 0 Å². The van der Waals surface area contributed by atoms with Crippen LogP contribution in [0.3, 0.4) is 0 Å². The van der Waals surface area contributed by atoms with Crippen LogP contribution in [-0.4, -0.2) is 24.5 Å². The van der Waals surface area contributed by atoms with E-state index in [0.717, 1.165) is 17.9 Å². The van der Waals surface area contributed by atoms with Crippen LogP contribution in [0.5, 0.6) is 0 Å². The van der Waals surface area contributed by atoms with Crippen molar-refractivity contribution >= 4 is 0 Å². The van der Waals surface area contributed by atoms with Crippen molar-refractivity contribution in [1.82, 2.24) is 4.90 Å². The Labute approximate surface area is 76.1 Å². The van der Waals surface area contributed by atoms with Crippen LogP contribution in [0.2, 0.25) is 0 Å². The fourth-order valence-corrected chi connectivity index (χ4v) is 3.13. The maximum Gasteiger partial charge on any atom is 0.00948 e. The minimum atomic E-state index is 0.851. The monoisotopic (exact) mass is 167 g/mol. The smallest absolute Gasteiger partial charge is 0.00948 e. The maximum absolute atomic E-state index is 2.55. The molecule has 2 fully saturated rings. The number of nitrogens with zero attached hydrogens (tertiary/aromatic N) is 1. The molecule has 0 radical (unpaired) electrons. The number of likely N-dealkylation sites (tertiary alicyclic amines) is 1. The molecule has 70 valence electrons. The summed E-state index contributed by atoms with van der Waals surface area (Å²) >= 11 is 0. The molecular formula is C11H21N. The van der Waals surface area contributed by atoms with Crippen LogP contribution < -0.4 is 0 Å². The predicted octanol–water partition coefficient (Wildman–Crippen LogP) is 2.52. The predicted molar refractivity (Wildman–Crippen MR) is 52.2 cm³/mol. The zero-order valence-corrected chi connectivity index (χ0v) is 8.42. The first-order chi connectivity index (χ1) is 5.79. The highest BCUT2D eigenvalue weighted by atomic mass is 15.1. The lowest BCUT2D eigenvalue weighted by Gasteiger charge is -2.45. The Morgan fingerprint density at radius 3 is 2.67 bits per heavy atom. The molecule has 1 aliphatic heterocycles. The van der Waals surface area contributed by atoms with E-state index in [0.29, 0.717) is 0 Å². The van der Waals surface area contributed by atoms with Crippen molar-refractivity contribution in [2.24, 2.45) is 11.8 Å². The van der Waals surface area contributed by atoms with Gasteiger partial charge >= 0.3 is 0 Å². The van der Waals surface area contributed by atoms with E-state index in [1.807, 2.05) is 0 Å². The maximum atomic E-state index is 2.55. The van der Waals surface area contributed by atoms with Crippen molar-refractivity contribution in [3.63, 3.8) is 0 Å². The summed E-state index contributed by atoms with van der Waals surface area (Å²) in [5, 5.41) is 0. The first-order valence-electron chi connectivity index (χ1n) is 5.49. The molecule has 0 N–H and O–H groups in total. The van der Waals surface area contributed by atoms with Gasteiger partial charge in [-0.15, -0.1) is 0 Å². The zero-order chi connectivity index (χ0) is 8.55. The molecule has 1 nitrogen and oxygen atoms in total. The molecule has 1 heterocycles. The number of fused-ring (bicyclic) bond motifs is 1. The zero-order valence-electron chi connectivity index (χ0n) is 8.42. The summed E-state index contributed by atoms with van der Waals surface area (Å²) in [4.78, 5) is 2.55. The topological polar surface area (TPSA) is 3.24 Å². The molecule has 3 atom stereocenters. The second kappa shape index (κ2) is 3.37. The molecule has 0 bridgehead atoms. The van der Waals surface area contributed by atoms with Gasteiger partial charge in [0.15, 0.2) is 0 Å². The second-order valence-electron chi connectivity index (χ2n) is 4.72. The van der Waals surface area contributed by atoms with Crippen molar-refractivity contribution in [3.8, 4) is 0 Å². The molecule has 2 aliphatic rings. The Morgan fingerprint density at radius 2 is 1.83 bits per heavy atom. The largest absolute Gasteiger partial charge is 0.303 e. The van der Waals surface area contributed by atoms with Crippen LogP contribution in [0, 0.1) is 11.8 Å². The van der Waals surface area contributed by atoms with Gasteiger partial charge in [-0.1, -0.05) is 19.3 Å². The molecule has 1 aliphatic carbocycles. The fraction of sp³-hybridized carbons (Fsp3) is 1.00. The van der Waals surface area contributed by atoms with E-state index in [1.54, 1.807) is 0 Å². The summed E-state index contributed by atoms with van der Waals surface area (Å²) in [6.07, 6.45) is 7.46. The minimum absolute atomic E-state index is 0.851. The van der Waals surface area contributed by atoms with Crippen LogP contribution in [0.15, 0.2) is 0 Å². The Morgan fingerprint density at radius 1 is 1.08 bits per heavy atom. The Kier molecular flexibility index (Phi) is 2.40. The van der Waals surface area contributed by atoms with E-state index in [9.17, 15) is 0 Å². The SMILES string of the molecule is C[C@@H]1C2CCCCC2CCN1C. The van der Waals surface area contributed by atoms with Crippen LogP contribution in [0.4, 0.5) is 0 Å². The Hall–Kier alpha value is -0.0400. The van der Waals surface area contributed by atoms with Crippen molar-refractivity contribution in [3.05, 3.63) is 0 Å². The third kappa shape index (κ3) is 1.39. The molecule has 1 heteroatoms. The normalized spacial score (nSPS) is 44.0. The highest BCUT2D eigenvalue weighted by Crippen LogP contribution is 2.38. The number of piperidine rings is 1. The number of hydrogen-bond donors (Lipinski definition) is 0. The van der Waals surface area contributed by atoms with Crippen molar-refractivity contribution in [2.45, 2.75) is 45.1 Å². The summed E-state index contributed by atoms with van der Waals surface area (Å²) in [5.41, 5.74) is 0. The second-order valence-corrected chi connectivity index (χ2v) is 4.72. The average Bonchev–Trinajstić information content (AvgIpc) is 2.12. The van der Waals surface area contributed by atoms with Gasteiger partial charge in [-0.3, -0.25) is 0 Å². The highest BCUT2D eigenvalue weighted by molar-refractivity contribution is 4.87. The molecule has 2 unspecified atom stereocenters. The standard InChI is InChI=1S/C11H21N/c1-9-11-6-4-3-5-10(11)7-8-12(9)2/h9-11H,3-8H2,1-2H3/t9-,10?,11?/m1/s1. The van der Waals surface area contributed by atoms with Gasteiger partial charge in [0.05, 0.1) is 0 Å². The molecule has 0 aromatic heterocycles. The Bertz CT molecular complexity index is 153. The summed E-state index contributed by atoms with van der Waals surface area (Å²) in [6.45, 7) is 3.75. The minimum Gasteiger partial charge on any atom is -0.303 e. The Balaban J connectivity index is 2.03. The molecule has 2 rings (SSSR count). The van der Waals surface area contributed by atoms with Crippen LogP contribution in [0.25, 0.3) is 0 Å². The van der Waals surface area contributed by atoms with Gasteiger partial charge in [0.2, 0.25) is 0 Å². The summed E-state index contributed by atoms with van der Waals surface area (Å²) < 4.78 is 0. The van der Waals surface area contributed by atoms with Crippen molar-refractivity contribution in [2.75, 3.05) is 13.6 Å². The average molecular weight is 167 g/mol. The lowest BCUT2D eigenvalue weighted by atomic mass is 9.71. The number of hydrogen-bond acceptors (Lipinski definition) is 1. The van der Waals surface area contributed by atoms with Gasteiger partial charge in [-0.2, -0.15) is 0 Å². The summed E-state index contributed by atoms with van der Waals surface area (Å²) in [5.74, 6) is 2.10. The van der Waals surface area contributed by atoms with Crippen molar-refractivity contribution in [1.29, 1.82) is 0 Å². The number of rotatable bonds is 0. The van der Waals surface area contributed by atoms with Crippen molar-refractivity contribution < 1.29 is 0 Å². The van der Waals surface area contributed by atoms with Gasteiger partial charge < -0.3 is 4.90 Å². The molecule has 1 saturated carbocycles. The third-order valence-electron chi connectivity index (χ3n) is 4.14. The van der Waals surface area contributed by atoms with Gasteiger partial charge in [0, 0.05) is 6.04 Å². The fourth-order valence-electron chi connectivity index (χ4n) is 3.13. The van der Waals surface area contributed by atoms with Crippen LogP contribution in [-0.2, 0) is 0 Å². The molecule has 0 aromatic rings. The summed E-state index contributed by atoms with van der Waals surface area (Å²) in [6, 6.07) is 0.851. The van der Waals surface area contributed by atoms with E-state index >= 15 is 0 Å². The van der Waals surface area contributed by atoms with Crippen LogP contribution in [0.1, 0.15) is 39.0 Å². The van der Waals surface area contributed by atoms with E-state index in [1.165, 1.54) is 38.6 Å².